The van der Waals surface area contributed by atoms with Crippen LogP contribution in [0, 0.1) is 13.8 Å². The Balaban J connectivity index is 1.31. The number of aromatic nitrogens is 1. The number of rotatable bonds is 11. The van der Waals surface area contributed by atoms with E-state index in [-0.39, 0.29) is 18.7 Å². The fourth-order valence-electron chi connectivity index (χ4n) is 6.19. The second kappa shape index (κ2) is 15.2. The molecule has 0 spiro atoms. The summed E-state index contributed by atoms with van der Waals surface area (Å²) in [6.45, 7) is 3.85. The van der Waals surface area contributed by atoms with Crippen LogP contribution in [0.5, 0.6) is 0 Å². The molecule has 252 valence electrons. The molecule has 50 heavy (non-hydrogen) atoms. The molecular formula is C41H38N4O4S. The maximum atomic E-state index is 14.4. The topological polar surface area (TPSA) is 111 Å². The number of likely N-dealkylation sites (N-methyl/N-ethyl adjacent to an activating group) is 1. The SMILES string of the molecule is Cc1cc(C)cc(C(=O)N(C)[C@@H](Cc2ccc(-c3ccsc3)cc2)C(=O)N[C@@H](Cc2c[nH]c3ccccc23)C(=O)NC(=O)c2ccccc2)c1. The normalized spacial score (nSPS) is 12.2. The molecule has 0 aliphatic carbocycles. The van der Waals surface area contributed by atoms with E-state index in [1.807, 2.05) is 79.9 Å². The molecule has 2 atom stereocenters. The van der Waals surface area contributed by atoms with Crippen LogP contribution < -0.4 is 10.6 Å². The summed E-state index contributed by atoms with van der Waals surface area (Å²) in [4.78, 5) is 59.9. The number of imide groups is 1. The van der Waals surface area contributed by atoms with Gasteiger partial charge in [-0.2, -0.15) is 11.3 Å². The Labute approximate surface area is 295 Å². The Bertz CT molecular complexity index is 2120. The Morgan fingerprint density at radius 2 is 1.46 bits per heavy atom. The Morgan fingerprint density at radius 1 is 0.760 bits per heavy atom. The van der Waals surface area contributed by atoms with Crippen molar-refractivity contribution in [3.05, 3.63) is 153 Å². The van der Waals surface area contributed by atoms with Crippen LogP contribution in [0.25, 0.3) is 22.0 Å². The van der Waals surface area contributed by atoms with Crippen LogP contribution in [0.2, 0.25) is 0 Å². The number of nitrogens with zero attached hydrogens (tertiary/aromatic N) is 1. The molecule has 6 aromatic rings. The highest BCUT2D eigenvalue weighted by atomic mass is 32.1. The fourth-order valence-corrected chi connectivity index (χ4v) is 6.86. The maximum absolute atomic E-state index is 14.4. The van der Waals surface area contributed by atoms with Gasteiger partial charge in [0.25, 0.3) is 11.8 Å². The monoisotopic (exact) mass is 682 g/mol. The Morgan fingerprint density at radius 3 is 2.16 bits per heavy atom. The number of aromatic amines is 1. The molecule has 4 amide bonds. The third-order valence-electron chi connectivity index (χ3n) is 8.80. The molecule has 9 heteroatoms. The highest BCUT2D eigenvalue weighted by Crippen LogP contribution is 2.24. The van der Waals surface area contributed by atoms with Gasteiger partial charge in [0.05, 0.1) is 0 Å². The van der Waals surface area contributed by atoms with Gasteiger partial charge >= 0.3 is 0 Å². The molecule has 0 bridgehead atoms. The van der Waals surface area contributed by atoms with Crippen molar-refractivity contribution in [1.82, 2.24) is 20.5 Å². The molecule has 2 heterocycles. The van der Waals surface area contributed by atoms with E-state index in [1.165, 1.54) is 4.90 Å². The smallest absolute Gasteiger partial charge is 0.257 e. The number of aryl methyl sites for hydroxylation is 2. The zero-order chi connectivity index (χ0) is 35.2. The first-order valence-corrected chi connectivity index (χ1v) is 17.3. The molecule has 0 saturated heterocycles. The number of benzene rings is 4. The zero-order valence-corrected chi connectivity index (χ0v) is 28.9. The first kappa shape index (κ1) is 34.1. The summed E-state index contributed by atoms with van der Waals surface area (Å²) in [5.41, 5.74) is 7.35. The van der Waals surface area contributed by atoms with Gasteiger partial charge < -0.3 is 15.2 Å². The molecule has 0 radical (unpaired) electrons. The summed E-state index contributed by atoms with van der Waals surface area (Å²) in [5, 5.41) is 10.4. The molecule has 0 fully saturated rings. The fraction of sp³-hybridized carbons (Fsp3) is 0.171. The number of hydrogen-bond acceptors (Lipinski definition) is 5. The van der Waals surface area contributed by atoms with Gasteiger partial charge in [0.2, 0.25) is 11.8 Å². The highest BCUT2D eigenvalue weighted by molar-refractivity contribution is 7.08. The first-order valence-electron chi connectivity index (χ1n) is 16.4. The number of amides is 4. The molecule has 6 rings (SSSR count). The summed E-state index contributed by atoms with van der Waals surface area (Å²) >= 11 is 1.62. The lowest BCUT2D eigenvalue weighted by atomic mass is 9.98. The molecular weight excluding hydrogens is 645 g/mol. The van der Waals surface area contributed by atoms with Gasteiger partial charge in [-0.1, -0.05) is 77.9 Å². The molecule has 0 aliphatic rings. The lowest BCUT2D eigenvalue weighted by Crippen LogP contribution is -2.56. The van der Waals surface area contributed by atoms with E-state index in [9.17, 15) is 19.2 Å². The zero-order valence-electron chi connectivity index (χ0n) is 28.1. The van der Waals surface area contributed by atoms with Crippen LogP contribution >= 0.6 is 11.3 Å². The number of H-pyrrole nitrogens is 1. The van der Waals surface area contributed by atoms with E-state index in [2.05, 4.69) is 21.0 Å². The van der Waals surface area contributed by atoms with Crippen LogP contribution in [0.15, 0.2) is 120 Å². The average molecular weight is 683 g/mol. The second-order valence-corrected chi connectivity index (χ2v) is 13.3. The van der Waals surface area contributed by atoms with Gasteiger partial charge in [-0.3, -0.25) is 24.5 Å². The van der Waals surface area contributed by atoms with Crippen molar-refractivity contribution in [3.63, 3.8) is 0 Å². The van der Waals surface area contributed by atoms with Crippen LogP contribution in [0.3, 0.4) is 0 Å². The number of para-hydroxylation sites is 1. The summed E-state index contributed by atoms with van der Waals surface area (Å²) < 4.78 is 0. The molecule has 0 aliphatic heterocycles. The predicted molar refractivity (Wildman–Crippen MR) is 198 cm³/mol. The van der Waals surface area contributed by atoms with Crippen molar-refractivity contribution >= 4 is 45.9 Å². The molecule has 4 aromatic carbocycles. The van der Waals surface area contributed by atoms with Crippen molar-refractivity contribution < 1.29 is 19.2 Å². The Kier molecular flexibility index (Phi) is 10.3. The quantitative estimate of drug-likeness (QED) is 0.138. The number of hydrogen-bond donors (Lipinski definition) is 3. The molecule has 8 nitrogen and oxygen atoms in total. The number of carbonyl (C=O) groups excluding carboxylic acids is 4. The molecule has 0 saturated carbocycles. The molecule has 2 aromatic heterocycles. The Hall–Kier alpha value is -5.80. The van der Waals surface area contributed by atoms with Gasteiger partial charge in [0, 0.05) is 48.1 Å². The minimum absolute atomic E-state index is 0.112. The maximum Gasteiger partial charge on any atom is 0.257 e. The van der Waals surface area contributed by atoms with Gasteiger partial charge in [0.15, 0.2) is 0 Å². The van der Waals surface area contributed by atoms with Gasteiger partial charge in [-0.05, 0) is 83.3 Å². The predicted octanol–water partition coefficient (Wildman–Crippen LogP) is 6.88. The van der Waals surface area contributed by atoms with E-state index in [0.29, 0.717) is 11.1 Å². The second-order valence-electron chi connectivity index (χ2n) is 12.5. The minimum atomic E-state index is -1.12. The van der Waals surface area contributed by atoms with Crippen molar-refractivity contribution in [1.29, 1.82) is 0 Å². The highest BCUT2D eigenvalue weighted by Gasteiger charge is 2.32. The van der Waals surface area contributed by atoms with Crippen LogP contribution in [-0.2, 0) is 22.4 Å². The van der Waals surface area contributed by atoms with Crippen LogP contribution in [0.1, 0.15) is 43.0 Å². The minimum Gasteiger partial charge on any atom is -0.361 e. The van der Waals surface area contributed by atoms with Crippen molar-refractivity contribution in [2.45, 2.75) is 38.8 Å². The van der Waals surface area contributed by atoms with Gasteiger partial charge in [-0.25, -0.2) is 0 Å². The molecule has 0 unspecified atom stereocenters. The van der Waals surface area contributed by atoms with E-state index in [0.717, 1.165) is 44.3 Å². The van der Waals surface area contributed by atoms with E-state index >= 15 is 0 Å². The lowest BCUT2D eigenvalue weighted by molar-refractivity contribution is -0.130. The molecule has 3 N–H and O–H groups in total. The van der Waals surface area contributed by atoms with Crippen LogP contribution in [0.4, 0.5) is 0 Å². The summed E-state index contributed by atoms with van der Waals surface area (Å²) in [6, 6.07) is 29.6. The van der Waals surface area contributed by atoms with Crippen LogP contribution in [-0.4, -0.2) is 52.6 Å². The average Bonchev–Trinajstić information content (AvgIpc) is 3.81. The van der Waals surface area contributed by atoms with Crippen molar-refractivity contribution in [3.8, 4) is 11.1 Å². The van der Waals surface area contributed by atoms with E-state index in [1.54, 1.807) is 67.0 Å². The number of carbonyl (C=O) groups is 4. The van der Waals surface area contributed by atoms with E-state index in [4.69, 9.17) is 0 Å². The lowest BCUT2D eigenvalue weighted by Gasteiger charge is -2.29. The number of fused-ring (bicyclic) bond motifs is 1. The number of thiophene rings is 1. The van der Waals surface area contributed by atoms with E-state index < -0.39 is 29.8 Å². The van der Waals surface area contributed by atoms with Crippen molar-refractivity contribution in [2.24, 2.45) is 0 Å². The number of nitrogens with one attached hydrogen (secondary N) is 3. The van der Waals surface area contributed by atoms with Crippen molar-refractivity contribution in [2.75, 3.05) is 7.05 Å². The summed E-state index contributed by atoms with van der Waals surface area (Å²) in [7, 11) is 1.61. The van der Waals surface area contributed by atoms with Gasteiger partial charge in [-0.15, -0.1) is 0 Å². The standard InChI is InChI=1S/C41H38N4O4S/c1-26-19-27(2)21-32(20-26)41(49)45(3)37(22-28-13-15-29(16-14-28)31-17-18-50-25-31)40(48)43-36(23-33-24-42-35-12-8-7-11-34(33)35)39(47)44-38(46)30-9-5-4-6-10-30/h4-21,24-25,36-37,42H,22-23H2,1-3H3,(H,43,48)(H,44,46,47)/t36-,37-/m0/s1. The summed E-state index contributed by atoms with van der Waals surface area (Å²) in [6.07, 6.45) is 2.12. The third kappa shape index (κ3) is 7.90. The largest absolute Gasteiger partial charge is 0.361 e. The summed E-state index contributed by atoms with van der Waals surface area (Å²) in [5.74, 6) is -2.05. The van der Waals surface area contributed by atoms with Gasteiger partial charge in [0.1, 0.15) is 12.1 Å². The first-order chi connectivity index (χ1) is 24.2. The third-order valence-corrected chi connectivity index (χ3v) is 9.48.